The van der Waals surface area contributed by atoms with E-state index in [0.717, 1.165) is 23.1 Å². The standard InChI is InChI=1S/C29H27BrN3P/c1-23-18-19-24(2)33(23)29-31-20-25(21-32-29)22-34(30,26-12-6-3-7-13-26,27-14-8-4-9-15-27)28-16-10-5-11-17-28/h3-21H,22H2,1-2H3. The zero-order valence-electron chi connectivity index (χ0n) is 19.3. The van der Waals surface area contributed by atoms with E-state index in [4.69, 9.17) is 9.97 Å². The van der Waals surface area contributed by atoms with Crippen molar-refractivity contribution in [2.45, 2.75) is 20.0 Å². The van der Waals surface area contributed by atoms with Gasteiger partial charge in [-0.15, -0.1) is 0 Å². The second kappa shape index (κ2) is 8.94. The summed E-state index contributed by atoms with van der Waals surface area (Å²) in [7, 11) is 0. The van der Waals surface area contributed by atoms with Crippen molar-refractivity contribution in [1.29, 1.82) is 0 Å². The third kappa shape index (κ3) is 3.72. The first-order valence-electron chi connectivity index (χ1n) is 11.4. The molecule has 5 aromatic rings. The van der Waals surface area contributed by atoms with Gasteiger partial charge in [0.25, 0.3) is 0 Å². The van der Waals surface area contributed by atoms with Gasteiger partial charge in [0.2, 0.25) is 0 Å². The summed E-state index contributed by atoms with van der Waals surface area (Å²) in [6.45, 7) is 4.16. The van der Waals surface area contributed by atoms with Gasteiger partial charge >= 0.3 is 210 Å². The first kappa shape index (κ1) is 22.7. The average molecular weight is 528 g/mol. The van der Waals surface area contributed by atoms with Gasteiger partial charge in [0.1, 0.15) is 0 Å². The fraction of sp³-hybridized carbons (Fsp3) is 0.103. The Morgan fingerprint density at radius 3 is 1.38 bits per heavy atom. The predicted molar refractivity (Wildman–Crippen MR) is 149 cm³/mol. The Hall–Kier alpha value is -3.07. The molecule has 0 aliphatic carbocycles. The molecule has 5 rings (SSSR count). The number of hydrogen-bond donors (Lipinski definition) is 0. The fourth-order valence-corrected chi connectivity index (χ4v) is 12.5. The summed E-state index contributed by atoms with van der Waals surface area (Å²) in [5, 5.41) is 0.789. The maximum atomic E-state index is 4.79. The Labute approximate surface area is 209 Å². The van der Waals surface area contributed by atoms with E-state index in [9.17, 15) is 0 Å². The number of hydrogen-bond acceptors (Lipinski definition) is 2. The van der Waals surface area contributed by atoms with Crippen LogP contribution >= 0.6 is 20.8 Å². The summed E-state index contributed by atoms with van der Waals surface area (Å²) < 4.78 is 2.09. The Morgan fingerprint density at radius 1 is 0.618 bits per heavy atom. The minimum absolute atomic E-state index is 0.706. The number of halogens is 1. The monoisotopic (exact) mass is 527 g/mol. The molecule has 0 radical (unpaired) electrons. The van der Waals surface area contributed by atoms with Crippen molar-refractivity contribution in [3.8, 4) is 5.95 Å². The molecular weight excluding hydrogens is 501 g/mol. The Bertz CT molecular complexity index is 1280. The number of aryl methyl sites for hydroxylation is 2. The van der Waals surface area contributed by atoms with Gasteiger partial charge in [-0.1, -0.05) is 0 Å². The molecule has 0 N–H and O–H groups in total. The fourth-order valence-electron chi connectivity index (χ4n) is 4.81. The zero-order chi connectivity index (χ0) is 23.6. The Kier molecular flexibility index (Phi) is 5.97. The summed E-state index contributed by atoms with van der Waals surface area (Å²) in [4.78, 5) is 9.58. The number of aromatic nitrogens is 3. The molecule has 0 aliphatic heterocycles. The Morgan fingerprint density at radius 2 is 1.00 bits per heavy atom. The SMILES string of the molecule is Cc1ccc(C)n1-c1ncc(CP(Br)(c2ccccc2)(c2ccccc2)c2ccccc2)cn1. The predicted octanol–water partition coefficient (Wildman–Crippen LogP) is 6.22. The number of rotatable bonds is 6. The molecule has 5 heteroatoms. The van der Waals surface area contributed by atoms with Gasteiger partial charge in [0.05, 0.1) is 0 Å². The van der Waals surface area contributed by atoms with Gasteiger partial charge in [-0.05, 0) is 0 Å². The van der Waals surface area contributed by atoms with Crippen molar-refractivity contribution in [2.24, 2.45) is 0 Å². The van der Waals surface area contributed by atoms with E-state index in [0.29, 0.717) is 5.95 Å². The first-order valence-corrected chi connectivity index (χ1v) is 15.8. The molecule has 0 fully saturated rings. The first-order chi connectivity index (χ1) is 16.5. The Balaban J connectivity index is 1.71. The van der Waals surface area contributed by atoms with Crippen LogP contribution in [0.15, 0.2) is 116 Å². The third-order valence-electron chi connectivity index (χ3n) is 6.53. The van der Waals surface area contributed by atoms with Crippen LogP contribution in [0.4, 0.5) is 0 Å². The van der Waals surface area contributed by atoms with E-state index in [1.807, 2.05) is 12.4 Å². The van der Waals surface area contributed by atoms with E-state index >= 15 is 0 Å². The molecule has 3 nitrogen and oxygen atoms in total. The van der Waals surface area contributed by atoms with Crippen LogP contribution in [0.5, 0.6) is 0 Å². The van der Waals surface area contributed by atoms with E-state index in [-0.39, 0.29) is 0 Å². The zero-order valence-corrected chi connectivity index (χ0v) is 21.8. The average Bonchev–Trinajstić information content (AvgIpc) is 3.24. The van der Waals surface area contributed by atoms with Crippen LogP contribution in [0.2, 0.25) is 0 Å². The molecule has 0 aliphatic rings. The molecule has 0 amide bonds. The molecule has 0 spiro atoms. The van der Waals surface area contributed by atoms with Gasteiger partial charge in [0, 0.05) is 0 Å². The van der Waals surface area contributed by atoms with E-state index in [2.05, 4.69) is 137 Å². The molecule has 3 aromatic carbocycles. The van der Waals surface area contributed by atoms with E-state index in [1.54, 1.807) is 0 Å². The second-order valence-electron chi connectivity index (χ2n) is 8.69. The van der Waals surface area contributed by atoms with Crippen molar-refractivity contribution in [3.63, 3.8) is 0 Å². The van der Waals surface area contributed by atoms with Crippen molar-refractivity contribution >= 4 is 36.7 Å². The molecule has 2 heterocycles. The van der Waals surface area contributed by atoms with Gasteiger partial charge in [-0.25, -0.2) is 0 Å². The molecule has 0 saturated heterocycles. The molecule has 2 aromatic heterocycles. The van der Waals surface area contributed by atoms with Crippen molar-refractivity contribution < 1.29 is 0 Å². The van der Waals surface area contributed by atoms with Crippen LogP contribution in [0, 0.1) is 13.8 Å². The van der Waals surface area contributed by atoms with Crippen LogP contribution in [-0.4, -0.2) is 14.5 Å². The summed E-state index contributed by atoms with van der Waals surface area (Å²) in [5.74, 6) is 0.706. The van der Waals surface area contributed by atoms with Gasteiger partial charge in [0.15, 0.2) is 0 Å². The van der Waals surface area contributed by atoms with Crippen LogP contribution in [0.3, 0.4) is 0 Å². The number of nitrogens with zero attached hydrogens (tertiary/aromatic N) is 3. The maximum absolute atomic E-state index is 4.79. The molecule has 0 atom stereocenters. The van der Waals surface area contributed by atoms with Crippen LogP contribution in [0.25, 0.3) is 5.95 Å². The van der Waals surface area contributed by atoms with Gasteiger partial charge in [-0.3, -0.25) is 0 Å². The molecule has 0 unspecified atom stereocenters. The summed E-state index contributed by atoms with van der Waals surface area (Å²) in [5.41, 5.74) is 3.35. The van der Waals surface area contributed by atoms with Gasteiger partial charge < -0.3 is 0 Å². The van der Waals surface area contributed by atoms with Crippen molar-refractivity contribution in [2.75, 3.05) is 0 Å². The molecule has 0 bridgehead atoms. The summed E-state index contributed by atoms with van der Waals surface area (Å²) >= 11 is 4.50. The van der Waals surface area contributed by atoms with Crippen LogP contribution < -0.4 is 15.9 Å². The summed E-state index contributed by atoms with van der Waals surface area (Å²) in [6.07, 6.45) is 4.74. The van der Waals surface area contributed by atoms with E-state index < -0.39 is 5.31 Å². The van der Waals surface area contributed by atoms with Crippen LogP contribution in [-0.2, 0) is 6.16 Å². The van der Waals surface area contributed by atoms with Crippen molar-refractivity contribution in [1.82, 2.24) is 14.5 Å². The topological polar surface area (TPSA) is 30.7 Å². The van der Waals surface area contributed by atoms with Gasteiger partial charge in [-0.2, -0.15) is 0 Å². The summed E-state index contributed by atoms with van der Waals surface area (Å²) in [6, 6.07) is 36.6. The molecular formula is C29H27BrN3P. The van der Waals surface area contributed by atoms with Crippen molar-refractivity contribution in [3.05, 3.63) is 132 Å². The molecule has 170 valence electrons. The number of benzene rings is 3. The third-order valence-corrected chi connectivity index (χ3v) is 16.0. The molecule has 0 saturated carbocycles. The quantitative estimate of drug-likeness (QED) is 0.245. The minimum atomic E-state index is -3.06. The van der Waals surface area contributed by atoms with Crippen LogP contribution in [0.1, 0.15) is 17.0 Å². The second-order valence-corrected chi connectivity index (χ2v) is 17.6. The molecule has 34 heavy (non-hydrogen) atoms. The van der Waals surface area contributed by atoms with E-state index in [1.165, 1.54) is 15.9 Å². The normalized spacial score (nSPS) is 12.7.